The topological polar surface area (TPSA) is 29.3 Å². The van der Waals surface area contributed by atoms with E-state index in [0.29, 0.717) is 0 Å². The zero-order valence-electron chi connectivity index (χ0n) is 7.24. The van der Waals surface area contributed by atoms with E-state index in [-0.39, 0.29) is 6.04 Å². The molecule has 0 aliphatic carbocycles. The molecule has 4 heteroatoms. The number of hydrogen-bond acceptors (Lipinski definition) is 2. The molecular weight excluding hydrogens is 230 g/mol. The maximum absolute atomic E-state index is 4.34. The Morgan fingerprint density at radius 2 is 2.46 bits per heavy atom. The largest absolute Gasteiger partial charge is 0.352 e. The average Bonchev–Trinajstić information content (AvgIpc) is 2.52. The predicted octanol–water partition coefficient (Wildman–Crippen LogP) is 1.93. The van der Waals surface area contributed by atoms with Gasteiger partial charge in [-0.25, -0.2) is 0 Å². The van der Waals surface area contributed by atoms with E-state index in [1.807, 2.05) is 25.5 Å². The summed E-state index contributed by atoms with van der Waals surface area (Å²) in [6.45, 7) is 0. The number of nitrogens with zero attached hydrogens (tertiary/aromatic N) is 2. The van der Waals surface area contributed by atoms with E-state index in [2.05, 4.69) is 36.9 Å². The quantitative estimate of drug-likeness (QED) is 0.798. The Kier molecular flexibility index (Phi) is 2.22. The molecule has 1 aliphatic heterocycles. The first kappa shape index (κ1) is 8.56. The van der Waals surface area contributed by atoms with Gasteiger partial charge in [0, 0.05) is 29.6 Å². The molecule has 0 aromatic carbocycles. The lowest BCUT2D eigenvalue weighted by Crippen LogP contribution is -2.13. The van der Waals surface area contributed by atoms with E-state index in [1.165, 1.54) is 5.69 Å². The van der Waals surface area contributed by atoms with Crippen molar-refractivity contribution in [2.24, 2.45) is 12.0 Å². The van der Waals surface area contributed by atoms with Gasteiger partial charge in [-0.05, 0) is 12.1 Å². The fourth-order valence-corrected chi connectivity index (χ4v) is 1.85. The number of aliphatic imine (C=N–C) groups is 1. The third kappa shape index (κ3) is 1.54. The second-order valence-corrected chi connectivity index (χ2v) is 3.84. The van der Waals surface area contributed by atoms with Gasteiger partial charge in [-0.1, -0.05) is 15.9 Å². The lowest BCUT2D eigenvalue weighted by Gasteiger charge is -2.16. The van der Waals surface area contributed by atoms with Crippen molar-refractivity contribution in [1.82, 2.24) is 9.88 Å². The highest BCUT2D eigenvalue weighted by atomic mass is 79.9. The summed E-state index contributed by atoms with van der Waals surface area (Å²) in [5.74, 6) is 0. The first-order valence-corrected chi connectivity index (χ1v) is 4.83. The molecule has 1 N–H and O–H groups in total. The summed E-state index contributed by atoms with van der Waals surface area (Å²) < 4.78 is 3.12. The van der Waals surface area contributed by atoms with Crippen LogP contribution in [-0.4, -0.2) is 10.9 Å². The van der Waals surface area contributed by atoms with Crippen molar-refractivity contribution < 1.29 is 0 Å². The van der Waals surface area contributed by atoms with E-state index in [0.717, 1.165) is 4.48 Å². The Labute approximate surface area is 85.3 Å². The molecule has 0 fully saturated rings. The number of aromatic nitrogens is 1. The van der Waals surface area contributed by atoms with Crippen molar-refractivity contribution in [2.75, 3.05) is 0 Å². The molecular formula is C9H10BrN3. The van der Waals surface area contributed by atoms with E-state index < -0.39 is 0 Å². The monoisotopic (exact) mass is 239 g/mol. The lowest BCUT2D eigenvalue weighted by molar-refractivity contribution is 0.751. The van der Waals surface area contributed by atoms with E-state index in [4.69, 9.17) is 0 Å². The van der Waals surface area contributed by atoms with Crippen LogP contribution in [0.2, 0.25) is 0 Å². The van der Waals surface area contributed by atoms with Crippen molar-refractivity contribution in [3.63, 3.8) is 0 Å². The fourth-order valence-electron chi connectivity index (χ4n) is 1.36. The van der Waals surface area contributed by atoms with Crippen LogP contribution in [0.25, 0.3) is 0 Å². The second kappa shape index (κ2) is 3.38. The fraction of sp³-hybridized carbons (Fsp3) is 0.222. The van der Waals surface area contributed by atoms with Crippen LogP contribution >= 0.6 is 15.9 Å². The minimum Gasteiger partial charge on any atom is -0.352 e. The third-order valence-electron chi connectivity index (χ3n) is 2.04. The summed E-state index contributed by atoms with van der Waals surface area (Å²) in [7, 11) is 2.02. The molecule has 68 valence electrons. The average molecular weight is 240 g/mol. The molecule has 2 rings (SSSR count). The maximum Gasteiger partial charge on any atom is 0.124 e. The molecule has 1 aromatic rings. The third-order valence-corrected chi connectivity index (χ3v) is 2.71. The zero-order valence-corrected chi connectivity index (χ0v) is 8.82. The Morgan fingerprint density at radius 1 is 1.62 bits per heavy atom. The number of nitrogens with one attached hydrogen (secondary N) is 1. The number of halogens is 1. The SMILES string of the molecule is Cn1cccc1C1N=CNC=C1Br. The predicted molar refractivity (Wildman–Crippen MR) is 56.8 cm³/mol. The van der Waals surface area contributed by atoms with Crippen LogP contribution in [0.5, 0.6) is 0 Å². The molecule has 0 bridgehead atoms. The molecule has 3 nitrogen and oxygen atoms in total. The highest BCUT2D eigenvalue weighted by molar-refractivity contribution is 9.11. The first-order chi connectivity index (χ1) is 6.29. The van der Waals surface area contributed by atoms with Gasteiger partial charge in [0.25, 0.3) is 0 Å². The number of hydrogen-bond donors (Lipinski definition) is 1. The summed E-state index contributed by atoms with van der Waals surface area (Å²) in [4.78, 5) is 4.34. The van der Waals surface area contributed by atoms with Crippen molar-refractivity contribution in [2.45, 2.75) is 6.04 Å². The van der Waals surface area contributed by atoms with Crippen LogP contribution in [0, 0.1) is 0 Å². The van der Waals surface area contributed by atoms with Gasteiger partial charge in [-0.15, -0.1) is 0 Å². The number of rotatable bonds is 1. The first-order valence-electron chi connectivity index (χ1n) is 4.03. The van der Waals surface area contributed by atoms with Crippen LogP contribution in [0.3, 0.4) is 0 Å². The highest BCUT2D eigenvalue weighted by Gasteiger charge is 2.17. The number of aryl methyl sites for hydroxylation is 1. The van der Waals surface area contributed by atoms with Crippen molar-refractivity contribution in [3.8, 4) is 0 Å². The van der Waals surface area contributed by atoms with Crippen LogP contribution in [0.4, 0.5) is 0 Å². The smallest absolute Gasteiger partial charge is 0.124 e. The van der Waals surface area contributed by atoms with Gasteiger partial charge in [0.15, 0.2) is 0 Å². The lowest BCUT2D eigenvalue weighted by atomic mass is 10.2. The van der Waals surface area contributed by atoms with Crippen LogP contribution < -0.4 is 5.32 Å². The summed E-state index contributed by atoms with van der Waals surface area (Å²) in [6, 6.07) is 4.19. The Morgan fingerprint density at radius 3 is 3.08 bits per heavy atom. The molecule has 1 aromatic heterocycles. The molecule has 2 heterocycles. The Hall–Kier alpha value is -1.03. The zero-order chi connectivity index (χ0) is 9.26. The molecule has 0 amide bonds. The van der Waals surface area contributed by atoms with Gasteiger partial charge in [-0.3, -0.25) is 4.99 Å². The van der Waals surface area contributed by atoms with Gasteiger partial charge < -0.3 is 9.88 Å². The van der Waals surface area contributed by atoms with Crippen LogP contribution in [0.1, 0.15) is 11.7 Å². The van der Waals surface area contributed by atoms with Gasteiger partial charge in [0.05, 0.1) is 6.34 Å². The van der Waals surface area contributed by atoms with E-state index in [1.54, 1.807) is 6.34 Å². The minimum atomic E-state index is 0.0984. The summed E-state index contributed by atoms with van der Waals surface area (Å²) >= 11 is 3.48. The molecule has 13 heavy (non-hydrogen) atoms. The summed E-state index contributed by atoms with van der Waals surface area (Å²) in [5.41, 5.74) is 1.18. The molecule has 0 saturated carbocycles. The van der Waals surface area contributed by atoms with Gasteiger partial charge in [0.2, 0.25) is 0 Å². The second-order valence-electron chi connectivity index (χ2n) is 2.92. The highest BCUT2D eigenvalue weighted by Crippen LogP contribution is 2.30. The van der Waals surface area contributed by atoms with Crippen LogP contribution in [0.15, 0.2) is 34.0 Å². The molecule has 0 saturated heterocycles. The summed E-state index contributed by atoms with van der Waals surface area (Å²) in [6.07, 6.45) is 5.64. The normalized spacial score (nSPS) is 21.1. The maximum atomic E-state index is 4.34. The Bertz CT molecular complexity index is 365. The van der Waals surface area contributed by atoms with Gasteiger partial charge in [0.1, 0.15) is 6.04 Å². The molecule has 0 radical (unpaired) electrons. The van der Waals surface area contributed by atoms with Gasteiger partial charge in [-0.2, -0.15) is 0 Å². The van der Waals surface area contributed by atoms with Crippen molar-refractivity contribution in [3.05, 3.63) is 34.7 Å². The standard InChI is InChI=1S/C9H10BrN3/c1-13-4-2-3-8(13)9-7(10)5-11-6-12-9/h2-6,9H,1H3,(H,11,12). The molecule has 1 aliphatic rings. The van der Waals surface area contributed by atoms with E-state index in [9.17, 15) is 0 Å². The minimum absolute atomic E-state index is 0.0984. The Balaban J connectivity index is 2.36. The van der Waals surface area contributed by atoms with Crippen molar-refractivity contribution in [1.29, 1.82) is 0 Å². The van der Waals surface area contributed by atoms with E-state index >= 15 is 0 Å². The summed E-state index contributed by atoms with van der Waals surface area (Å²) in [5, 5.41) is 2.94. The molecule has 0 spiro atoms. The molecule has 1 atom stereocenters. The van der Waals surface area contributed by atoms with Crippen LogP contribution in [-0.2, 0) is 7.05 Å². The van der Waals surface area contributed by atoms with Crippen molar-refractivity contribution >= 4 is 22.3 Å². The van der Waals surface area contributed by atoms with Gasteiger partial charge >= 0.3 is 0 Å². The molecule has 1 unspecified atom stereocenters.